The van der Waals surface area contributed by atoms with Crippen LogP contribution in [0.25, 0.3) is 134 Å². The molecule has 0 radical (unpaired) electrons. The van der Waals surface area contributed by atoms with E-state index in [9.17, 15) is 0 Å². The van der Waals surface area contributed by atoms with E-state index in [1.165, 1.54) is 0 Å². The number of hydrogen-bond acceptors (Lipinski definition) is 8. The Morgan fingerprint density at radius 2 is 0.207 bits per heavy atom. The smallest absolute Gasteiger partial charge is 0.209 e. The number of benzene rings is 12. The summed E-state index contributed by atoms with van der Waals surface area (Å²) >= 11 is 0. The van der Waals surface area contributed by atoms with Crippen LogP contribution in [0, 0.1) is 0 Å². The molecule has 0 bridgehead atoms. The summed E-state index contributed by atoms with van der Waals surface area (Å²) in [6.45, 7) is 50.5. The van der Waals surface area contributed by atoms with Crippen molar-refractivity contribution in [3.63, 3.8) is 0 Å². The van der Waals surface area contributed by atoms with Crippen LogP contribution in [0.2, 0.25) is 0 Å². The van der Waals surface area contributed by atoms with Gasteiger partial charge < -0.3 is 0 Å². The summed E-state index contributed by atoms with van der Waals surface area (Å²) in [4.78, 5) is -1.68. The third-order valence-electron chi connectivity index (χ3n) is 25.1. The molecular weight excluding hydrogens is 1510 g/mol. The van der Waals surface area contributed by atoms with Gasteiger partial charge in [-0.3, -0.25) is 0 Å². The Hall–Kier alpha value is -9.56. The van der Waals surface area contributed by atoms with Crippen molar-refractivity contribution in [2.75, 3.05) is 0 Å². The van der Waals surface area contributed by atoms with Gasteiger partial charge in [-0.05, 0) is 132 Å². The predicted octanol–water partition coefficient (Wildman–Crippen LogP) is 27.0. The standard InChI is InChI=1S/C104H104O8S4/c1-97(2,3)65-41-25-57(26-42-65)73-74(58-27-43-66(44-28-58)98(4,5)6)90-82-81-83-85-87-88-86-84(82)92(114(90,107)108)77(61-33-49-69(50-34-61)101(13,14)15)78(62-35-51-70(52-36-62)102(16,17)18)94(86)116(111,112)96(88)80(64-39-55-72(56-40-64)104(22,23)24)79(63-37-53-71(54-38-63)103(19,20)21)95(87)115(109,110)93(85)76(60-31-47-68(48-32-60)100(10,11)12)75(91(83)113(105,106)89(73)81)59-29-45-67(46-30-59)99(7,8)9/h25-56H,1-24H3. The summed E-state index contributed by atoms with van der Waals surface area (Å²) < 4.78 is 149. The van der Waals surface area contributed by atoms with Gasteiger partial charge in [-0.1, -0.05) is 360 Å². The van der Waals surface area contributed by atoms with Crippen molar-refractivity contribution in [2.45, 2.75) is 249 Å². The highest BCUT2D eigenvalue weighted by atomic mass is 32.2. The monoisotopic (exact) mass is 1610 g/mol. The van der Waals surface area contributed by atoms with Crippen LogP contribution in [-0.2, 0) is 82.7 Å². The zero-order valence-electron chi connectivity index (χ0n) is 71.4. The first-order chi connectivity index (χ1) is 53.7. The van der Waals surface area contributed by atoms with Gasteiger partial charge in [0, 0.05) is 89.0 Å². The normalized spacial score (nSPS) is 15.8. The molecule has 0 aromatic heterocycles. The predicted molar refractivity (Wildman–Crippen MR) is 477 cm³/mol. The van der Waals surface area contributed by atoms with Gasteiger partial charge in [0.05, 0.1) is 39.2 Å². The lowest BCUT2D eigenvalue weighted by molar-refractivity contribution is 0.590. The minimum atomic E-state index is -5.15. The van der Waals surface area contributed by atoms with Crippen LogP contribution in [0.4, 0.5) is 0 Å². The molecule has 0 N–H and O–H groups in total. The zero-order chi connectivity index (χ0) is 83.7. The SMILES string of the molecule is CC(C)(C)c1ccc(-c2c(-c3ccc(C(C)(C)C)cc3)c3c4c5c2S(=O)(=O)c2c(-c6ccc(C(C)(C)C)cc6)c(-c6ccc(C(C)(C)C)cc6)c6c(c2-5)-c2c5c(c(-c7ccc(C(C)(C)C)cc7)c(-c7ccc(C(C)(C)C)cc7)c2S6(=O)=O)S(=O)(=O)c2c(-c6ccc(C(C)(C)C)cc6)c(-c6ccc(C(C)(C)C)cc6)c(c-4c2-5)S3(=O)=O)cc1. The van der Waals surface area contributed by atoms with Crippen LogP contribution in [-0.4, -0.2) is 33.7 Å². The highest BCUT2D eigenvalue weighted by molar-refractivity contribution is 7.94. The van der Waals surface area contributed by atoms with Crippen LogP contribution in [0.5, 0.6) is 0 Å². The van der Waals surface area contributed by atoms with Crippen LogP contribution < -0.4 is 0 Å². The summed E-state index contributed by atoms with van der Waals surface area (Å²) in [7, 11) is -20.6. The minimum Gasteiger partial charge on any atom is -0.218 e. The molecule has 116 heavy (non-hydrogen) atoms. The van der Waals surface area contributed by atoms with Crippen molar-refractivity contribution in [1.82, 2.24) is 0 Å². The van der Waals surface area contributed by atoms with E-state index in [2.05, 4.69) is 166 Å². The first kappa shape index (κ1) is 78.9. The van der Waals surface area contributed by atoms with Crippen molar-refractivity contribution in [3.8, 4) is 134 Å². The number of hydrogen-bond donors (Lipinski definition) is 0. The van der Waals surface area contributed by atoms with Gasteiger partial charge in [0.25, 0.3) is 0 Å². The summed E-state index contributed by atoms with van der Waals surface area (Å²) in [5, 5.41) is 0. The average molecular weight is 1610 g/mol. The fraction of sp³-hybridized carbons (Fsp3) is 0.308. The van der Waals surface area contributed by atoms with Crippen molar-refractivity contribution >= 4 is 39.3 Å². The van der Waals surface area contributed by atoms with E-state index in [-0.39, 0.29) is 171 Å². The summed E-state index contributed by atoms with van der Waals surface area (Å²) in [6, 6.07) is 62.1. The molecule has 0 fully saturated rings. The third kappa shape index (κ3) is 11.6. The average Bonchev–Trinajstić information content (AvgIpc) is 1.45. The Morgan fingerprint density at radius 1 is 0.129 bits per heavy atom. The molecule has 1 aliphatic carbocycles. The first-order valence-corrected chi connectivity index (χ1v) is 46.5. The van der Waals surface area contributed by atoms with E-state index in [4.69, 9.17) is 0 Å². The van der Waals surface area contributed by atoms with E-state index in [1.807, 2.05) is 194 Å². The zero-order valence-corrected chi connectivity index (χ0v) is 74.6. The molecular formula is C104H104O8S4. The highest BCUT2D eigenvalue weighted by Crippen LogP contribution is 2.76. The Morgan fingerprint density at radius 3 is 0.276 bits per heavy atom. The molecule has 5 aliphatic rings. The van der Waals surface area contributed by atoms with Crippen LogP contribution in [0.3, 0.4) is 0 Å². The Bertz CT molecular complexity index is 5540. The molecule has 12 aromatic rings. The second-order valence-electron chi connectivity index (χ2n) is 41.3. The fourth-order valence-electron chi connectivity index (χ4n) is 18.6. The molecule has 0 amide bonds. The van der Waals surface area contributed by atoms with Gasteiger partial charge in [-0.25, -0.2) is 33.7 Å². The van der Waals surface area contributed by atoms with E-state index in [0.717, 1.165) is 44.5 Å². The molecule has 0 atom stereocenters. The molecule has 12 aromatic carbocycles. The van der Waals surface area contributed by atoms with Gasteiger partial charge in [0.15, 0.2) is 0 Å². The van der Waals surface area contributed by atoms with Gasteiger partial charge in [0.1, 0.15) is 0 Å². The lowest BCUT2D eigenvalue weighted by atomic mass is 9.73. The lowest BCUT2D eigenvalue weighted by Crippen LogP contribution is -2.12. The number of sulfone groups is 4. The maximum atomic E-state index is 18.7. The van der Waals surface area contributed by atoms with E-state index < -0.39 is 39.3 Å². The van der Waals surface area contributed by atoms with Crippen molar-refractivity contribution in [2.24, 2.45) is 0 Å². The largest absolute Gasteiger partial charge is 0.218 e. The van der Waals surface area contributed by atoms with Gasteiger partial charge in [-0.2, -0.15) is 0 Å². The number of rotatable bonds is 8. The Balaban J connectivity index is 1.23. The fourth-order valence-corrected chi connectivity index (χ4v) is 27.1. The van der Waals surface area contributed by atoms with Crippen molar-refractivity contribution in [1.29, 1.82) is 0 Å². The lowest BCUT2D eigenvalue weighted by Gasteiger charge is -2.26. The quantitative estimate of drug-likeness (QED) is 0.147. The molecule has 592 valence electrons. The third-order valence-corrected chi connectivity index (χ3v) is 32.7. The second-order valence-corrected chi connectivity index (χ2v) is 48.6. The minimum absolute atomic E-state index is 0.00305. The molecule has 4 aliphatic heterocycles. The molecule has 17 rings (SSSR count). The van der Waals surface area contributed by atoms with Crippen LogP contribution in [0.15, 0.2) is 233 Å². The molecule has 4 heterocycles. The van der Waals surface area contributed by atoms with Crippen LogP contribution >= 0.6 is 0 Å². The highest BCUT2D eigenvalue weighted by Gasteiger charge is 2.60. The van der Waals surface area contributed by atoms with Crippen molar-refractivity contribution < 1.29 is 33.7 Å². The maximum Gasteiger partial charge on any atom is 0.209 e. The second kappa shape index (κ2) is 25.0. The molecule has 8 nitrogen and oxygen atoms in total. The summed E-state index contributed by atoms with van der Waals surface area (Å²) in [6.07, 6.45) is 0. The molecule has 0 unspecified atom stereocenters. The van der Waals surface area contributed by atoms with Crippen molar-refractivity contribution in [3.05, 3.63) is 239 Å². The Kier molecular flexibility index (Phi) is 17.0. The van der Waals surface area contributed by atoms with Gasteiger partial charge in [-0.15, -0.1) is 0 Å². The summed E-state index contributed by atoms with van der Waals surface area (Å²) in [5.41, 5.74) is 8.55. The molecule has 0 spiro atoms. The molecule has 0 saturated heterocycles. The molecule has 12 heteroatoms. The maximum absolute atomic E-state index is 18.7. The first-order valence-electron chi connectivity index (χ1n) is 40.5. The van der Waals surface area contributed by atoms with E-state index in [0.29, 0.717) is 44.5 Å². The molecule has 0 saturated carbocycles. The van der Waals surface area contributed by atoms with Crippen LogP contribution in [0.1, 0.15) is 211 Å². The van der Waals surface area contributed by atoms with Gasteiger partial charge >= 0.3 is 0 Å². The Labute approximate surface area is 688 Å². The van der Waals surface area contributed by atoms with E-state index in [1.54, 1.807) is 0 Å². The topological polar surface area (TPSA) is 137 Å². The van der Waals surface area contributed by atoms with E-state index >= 15 is 33.7 Å². The summed E-state index contributed by atoms with van der Waals surface area (Å²) in [5.74, 6) is 0. The van der Waals surface area contributed by atoms with Gasteiger partial charge in [0.2, 0.25) is 39.3 Å².